The fourth-order valence-electron chi connectivity index (χ4n) is 2.60. The third-order valence-corrected chi connectivity index (χ3v) is 5.71. The first kappa shape index (κ1) is 14.6. The summed E-state index contributed by atoms with van der Waals surface area (Å²) in [5, 5.41) is 1.56. The van der Waals surface area contributed by atoms with E-state index in [1.807, 2.05) is 0 Å². The smallest absolute Gasteiger partial charge is 0.316 e. The zero-order valence-corrected chi connectivity index (χ0v) is 13.6. The Morgan fingerprint density at radius 3 is 3.10 bits per heavy atom. The summed E-state index contributed by atoms with van der Waals surface area (Å²) >= 11 is 2.97. The Bertz CT molecular complexity index is 699. The average molecular weight is 323 g/mol. The molecule has 1 aliphatic carbocycles. The van der Waals surface area contributed by atoms with Gasteiger partial charge >= 0.3 is 5.97 Å². The van der Waals surface area contributed by atoms with Gasteiger partial charge < -0.3 is 10.5 Å². The van der Waals surface area contributed by atoms with Crippen molar-refractivity contribution in [3.8, 4) is 0 Å². The van der Waals surface area contributed by atoms with Gasteiger partial charge in [0.1, 0.15) is 10.6 Å². The summed E-state index contributed by atoms with van der Waals surface area (Å²) in [6, 6.07) is 0. The van der Waals surface area contributed by atoms with Crippen LogP contribution in [0.4, 0.5) is 5.82 Å². The van der Waals surface area contributed by atoms with E-state index in [1.165, 1.54) is 35.7 Å². The lowest BCUT2D eigenvalue weighted by atomic mass is 9.89. The van der Waals surface area contributed by atoms with Crippen molar-refractivity contribution in [2.45, 2.75) is 31.3 Å². The standard InChI is InChI=1S/C14H17N3O2S2/c1-7-3-4-9-8(5-7)11-12(15)16-14(17-13(11)21-9)20-6-10(18)19-2/h7H,3-6H2,1-2H3,(H2,15,16,17)/t7-/m1/s1. The number of esters is 1. The van der Waals surface area contributed by atoms with Gasteiger partial charge in [0.15, 0.2) is 5.16 Å². The number of thioether (sulfide) groups is 1. The maximum atomic E-state index is 11.2. The maximum Gasteiger partial charge on any atom is 0.316 e. The second-order valence-corrected chi connectivity index (χ2v) is 7.31. The number of carbonyl (C=O) groups is 1. The predicted molar refractivity (Wildman–Crippen MR) is 85.8 cm³/mol. The van der Waals surface area contributed by atoms with Crippen molar-refractivity contribution in [2.75, 3.05) is 18.6 Å². The van der Waals surface area contributed by atoms with Crippen LogP contribution in [0.25, 0.3) is 10.2 Å². The van der Waals surface area contributed by atoms with E-state index in [4.69, 9.17) is 5.73 Å². The van der Waals surface area contributed by atoms with Gasteiger partial charge in [-0.2, -0.15) is 0 Å². The van der Waals surface area contributed by atoms with Crippen LogP contribution in [0.2, 0.25) is 0 Å². The highest BCUT2D eigenvalue weighted by atomic mass is 32.2. The molecule has 5 nitrogen and oxygen atoms in total. The van der Waals surface area contributed by atoms with Crippen LogP contribution in [-0.4, -0.2) is 28.8 Å². The minimum Gasteiger partial charge on any atom is -0.468 e. The Hall–Kier alpha value is -1.34. The van der Waals surface area contributed by atoms with E-state index in [9.17, 15) is 4.79 Å². The number of aromatic nitrogens is 2. The van der Waals surface area contributed by atoms with Crippen molar-refractivity contribution in [2.24, 2.45) is 5.92 Å². The number of hydrogen-bond acceptors (Lipinski definition) is 7. The van der Waals surface area contributed by atoms with Crippen LogP contribution < -0.4 is 5.73 Å². The fourth-order valence-corrected chi connectivity index (χ4v) is 4.57. The Morgan fingerprint density at radius 2 is 2.33 bits per heavy atom. The van der Waals surface area contributed by atoms with Crippen LogP contribution >= 0.6 is 23.1 Å². The molecule has 3 rings (SSSR count). The van der Waals surface area contributed by atoms with Crippen molar-refractivity contribution in [3.05, 3.63) is 10.4 Å². The Balaban J connectivity index is 1.96. The van der Waals surface area contributed by atoms with Gasteiger partial charge in [-0.3, -0.25) is 4.79 Å². The average Bonchev–Trinajstić information content (AvgIpc) is 2.82. The number of methoxy groups -OCH3 is 1. The van der Waals surface area contributed by atoms with Crippen LogP contribution in [0.15, 0.2) is 5.16 Å². The van der Waals surface area contributed by atoms with E-state index in [1.54, 1.807) is 11.3 Å². The summed E-state index contributed by atoms with van der Waals surface area (Å²) in [6.07, 6.45) is 3.37. The summed E-state index contributed by atoms with van der Waals surface area (Å²) in [7, 11) is 1.37. The Kier molecular flexibility index (Phi) is 4.03. The zero-order chi connectivity index (χ0) is 15.0. The molecule has 1 aliphatic rings. The van der Waals surface area contributed by atoms with Gasteiger partial charge in [-0.15, -0.1) is 11.3 Å². The summed E-state index contributed by atoms with van der Waals surface area (Å²) in [5.74, 6) is 1.12. The molecule has 0 bridgehead atoms. The van der Waals surface area contributed by atoms with Crippen molar-refractivity contribution in [1.82, 2.24) is 9.97 Å². The van der Waals surface area contributed by atoms with E-state index in [2.05, 4.69) is 21.6 Å². The van der Waals surface area contributed by atoms with E-state index in [0.717, 1.165) is 23.1 Å². The molecule has 0 spiro atoms. The fraction of sp³-hybridized carbons (Fsp3) is 0.500. The third kappa shape index (κ3) is 2.85. The highest BCUT2D eigenvalue weighted by Crippen LogP contribution is 2.39. The second kappa shape index (κ2) is 5.81. The largest absolute Gasteiger partial charge is 0.468 e. The number of nitrogens with zero attached hydrogens (tertiary/aromatic N) is 2. The molecule has 0 amide bonds. The van der Waals surface area contributed by atoms with Gasteiger partial charge in [0, 0.05) is 4.88 Å². The van der Waals surface area contributed by atoms with E-state index in [-0.39, 0.29) is 11.7 Å². The number of anilines is 1. The minimum atomic E-state index is -0.290. The van der Waals surface area contributed by atoms with Crippen LogP contribution in [-0.2, 0) is 22.4 Å². The predicted octanol–water partition coefficient (Wildman–Crippen LogP) is 2.66. The first-order valence-corrected chi connectivity index (χ1v) is 8.66. The van der Waals surface area contributed by atoms with Crippen LogP contribution in [0.5, 0.6) is 0 Å². The normalized spacial score (nSPS) is 17.7. The van der Waals surface area contributed by atoms with Gasteiger partial charge in [0.25, 0.3) is 0 Å². The Morgan fingerprint density at radius 1 is 1.52 bits per heavy atom. The number of thiophene rings is 1. The number of hydrogen-bond donors (Lipinski definition) is 1. The molecule has 2 heterocycles. The molecule has 0 aromatic carbocycles. The van der Waals surface area contributed by atoms with Gasteiger partial charge in [-0.05, 0) is 30.7 Å². The lowest BCUT2D eigenvalue weighted by Crippen LogP contribution is -2.09. The molecule has 2 N–H and O–H groups in total. The zero-order valence-electron chi connectivity index (χ0n) is 12.0. The minimum absolute atomic E-state index is 0.198. The number of aryl methyl sites for hydroxylation is 1. The maximum absolute atomic E-state index is 11.2. The lowest BCUT2D eigenvalue weighted by molar-refractivity contribution is -0.137. The SMILES string of the molecule is COC(=O)CSc1nc(N)c2c3c(sc2n1)CC[C@@H](C)C3. The van der Waals surface area contributed by atoms with Gasteiger partial charge in [-0.1, -0.05) is 18.7 Å². The van der Waals surface area contributed by atoms with Crippen molar-refractivity contribution >= 4 is 45.1 Å². The summed E-state index contributed by atoms with van der Waals surface area (Å²) < 4.78 is 4.62. The van der Waals surface area contributed by atoms with Crippen LogP contribution in [0.1, 0.15) is 23.8 Å². The molecule has 0 radical (unpaired) electrons. The molecule has 1 atom stereocenters. The highest BCUT2D eigenvalue weighted by Gasteiger charge is 2.23. The quantitative estimate of drug-likeness (QED) is 0.531. The Labute approximate surface area is 131 Å². The number of rotatable bonds is 3. The summed E-state index contributed by atoms with van der Waals surface area (Å²) in [4.78, 5) is 22.4. The van der Waals surface area contributed by atoms with Gasteiger partial charge in [-0.25, -0.2) is 9.97 Å². The van der Waals surface area contributed by atoms with Crippen LogP contribution in [0, 0.1) is 5.92 Å². The molecule has 0 fully saturated rings. The van der Waals surface area contributed by atoms with Crippen molar-refractivity contribution in [3.63, 3.8) is 0 Å². The van der Waals surface area contributed by atoms with Gasteiger partial charge in [0.2, 0.25) is 0 Å². The molecular weight excluding hydrogens is 306 g/mol. The van der Waals surface area contributed by atoms with Gasteiger partial charge in [0.05, 0.1) is 18.2 Å². The molecule has 0 unspecified atom stereocenters. The number of fused-ring (bicyclic) bond motifs is 3. The van der Waals surface area contributed by atoms with Crippen LogP contribution in [0.3, 0.4) is 0 Å². The first-order valence-electron chi connectivity index (χ1n) is 6.86. The van der Waals surface area contributed by atoms with Crippen molar-refractivity contribution < 1.29 is 9.53 Å². The highest BCUT2D eigenvalue weighted by molar-refractivity contribution is 7.99. The van der Waals surface area contributed by atoms with Crippen molar-refractivity contribution in [1.29, 1.82) is 0 Å². The summed E-state index contributed by atoms with van der Waals surface area (Å²) in [5.41, 5.74) is 7.47. The molecule has 112 valence electrons. The number of nitrogen functional groups attached to an aromatic ring is 1. The van der Waals surface area contributed by atoms with E-state index < -0.39 is 0 Å². The molecule has 0 saturated heterocycles. The number of carbonyl (C=O) groups excluding carboxylic acids is 1. The summed E-state index contributed by atoms with van der Waals surface area (Å²) in [6.45, 7) is 2.27. The molecule has 0 saturated carbocycles. The topological polar surface area (TPSA) is 78.1 Å². The molecule has 21 heavy (non-hydrogen) atoms. The molecule has 7 heteroatoms. The molecule has 2 aromatic rings. The second-order valence-electron chi connectivity index (χ2n) is 5.29. The first-order chi connectivity index (χ1) is 10.1. The van der Waals surface area contributed by atoms with E-state index in [0.29, 0.717) is 16.9 Å². The number of nitrogens with two attached hydrogens (primary N) is 1. The molecule has 0 aliphatic heterocycles. The molecule has 2 aromatic heterocycles. The monoisotopic (exact) mass is 323 g/mol. The molecular formula is C14H17N3O2S2. The van der Waals surface area contributed by atoms with E-state index >= 15 is 0 Å². The third-order valence-electron chi connectivity index (χ3n) is 3.71. The lowest BCUT2D eigenvalue weighted by Gasteiger charge is -2.18. The number of ether oxygens (including phenoxy) is 1.